The number of nitrogens with one attached hydrogen (secondary N) is 1. The molecule has 0 radical (unpaired) electrons. The average Bonchev–Trinajstić information content (AvgIpc) is 3.04. The molecule has 0 fully saturated rings. The van der Waals surface area contributed by atoms with Gasteiger partial charge in [0.05, 0.1) is 16.8 Å². The Morgan fingerprint density at radius 1 is 1.28 bits per heavy atom. The summed E-state index contributed by atoms with van der Waals surface area (Å²) >= 11 is 3.14. The highest BCUT2D eigenvalue weighted by Crippen LogP contribution is 2.32. The number of carbonyl (C=O) groups is 1. The van der Waals surface area contributed by atoms with Gasteiger partial charge in [-0.25, -0.2) is 4.98 Å². The van der Waals surface area contributed by atoms with E-state index in [0.717, 1.165) is 33.7 Å². The van der Waals surface area contributed by atoms with Crippen molar-refractivity contribution in [1.82, 2.24) is 4.98 Å². The fraction of sp³-hybridized carbons (Fsp3) is 0.263. The molecule has 0 aliphatic heterocycles. The summed E-state index contributed by atoms with van der Waals surface area (Å²) in [6.07, 6.45) is 4.10. The van der Waals surface area contributed by atoms with Crippen molar-refractivity contribution in [3.05, 3.63) is 48.0 Å². The highest BCUT2D eigenvalue weighted by atomic mass is 32.2. The third kappa shape index (κ3) is 4.32. The molecule has 0 aliphatic rings. The highest BCUT2D eigenvalue weighted by Gasteiger charge is 2.12. The van der Waals surface area contributed by atoms with Crippen LogP contribution in [-0.4, -0.2) is 23.8 Å². The number of hydrogen-bond donors (Lipinski definition) is 1. The maximum atomic E-state index is 12.5. The Balaban J connectivity index is 1.75. The predicted molar refractivity (Wildman–Crippen MR) is 106 cm³/mol. The van der Waals surface area contributed by atoms with E-state index in [1.807, 2.05) is 36.6 Å². The normalized spacial score (nSPS) is 10.8. The Labute approximate surface area is 155 Å². The molecule has 3 aromatic rings. The van der Waals surface area contributed by atoms with Crippen molar-refractivity contribution in [2.75, 3.05) is 18.2 Å². The molecule has 0 saturated heterocycles. The molecular weight excluding hydrogens is 352 g/mol. The Bertz CT molecular complexity index is 877. The summed E-state index contributed by atoms with van der Waals surface area (Å²) in [5, 5.41) is 3.51. The molecule has 0 spiro atoms. The first-order chi connectivity index (χ1) is 12.2. The van der Waals surface area contributed by atoms with Gasteiger partial charge in [0.1, 0.15) is 5.75 Å². The smallest absolute Gasteiger partial charge is 0.257 e. The van der Waals surface area contributed by atoms with Gasteiger partial charge in [0.25, 0.3) is 5.91 Å². The number of para-hydroxylation sites is 1. The van der Waals surface area contributed by atoms with Crippen molar-refractivity contribution in [2.45, 2.75) is 24.7 Å². The van der Waals surface area contributed by atoms with Crippen LogP contribution in [0.15, 0.2) is 47.4 Å². The quantitative estimate of drug-likeness (QED) is 0.443. The predicted octanol–water partition coefficient (Wildman–Crippen LogP) is 5.45. The highest BCUT2D eigenvalue weighted by molar-refractivity contribution is 7.98. The van der Waals surface area contributed by atoms with E-state index in [1.54, 1.807) is 23.9 Å². The lowest BCUT2D eigenvalue weighted by Gasteiger charge is -2.07. The first-order valence-corrected chi connectivity index (χ1v) is 10.2. The Kier molecular flexibility index (Phi) is 5.94. The van der Waals surface area contributed by atoms with Crippen molar-refractivity contribution < 1.29 is 9.53 Å². The van der Waals surface area contributed by atoms with Gasteiger partial charge in [-0.3, -0.25) is 10.1 Å². The van der Waals surface area contributed by atoms with E-state index >= 15 is 0 Å². The van der Waals surface area contributed by atoms with E-state index in [2.05, 4.69) is 17.2 Å². The van der Waals surface area contributed by atoms with Crippen molar-refractivity contribution in [1.29, 1.82) is 0 Å². The van der Waals surface area contributed by atoms with E-state index < -0.39 is 0 Å². The Morgan fingerprint density at radius 3 is 2.92 bits per heavy atom. The van der Waals surface area contributed by atoms with E-state index in [0.29, 0.717) is 17.3 Å². The molecule has 0 saturated carbocycles. The van der Waals surface area contributed by atoms with Crippen LogP contribution in [0.3, 0.4) is 0 Å². The van der Waals surface area contributed by atoms with Crippen molar-refractivity contribution in [2.24, 2.45) is 0 Å². The third-order valence-electron chi connectivity index (χ3n) is 3.69. The molecule has 1 aromatic heterocycles. The SMILES string of the molecule is CCCCOc1cccc(C(=O)Nc2nc3c(SC)cccc3s2)c1. The lowest BCUT2D eigenvalue weighted by atomic mass is 10.2. The number of fused-ring (bicyclic) bond motifs is 1. The van der Waals surface area contributed by atoms with Gasteiger partial charge in [-0.1, -0.05) is 36.8 Å². The van der Waals surface area contributed by atoms with Gasteiger partial charge in [0.2, 0.25) is 0 Å². The summed E-state index contributed by atoms with van der Waals surface area (Å²) in [5.74, 6) is 0.542. The molecule has 1 N–H and O–H groups in total. The lowest BCUT2D eigenvalue weighted by molar-refractivity contribution is 0.102. The second-order valence-corrected chi connectivity index (χ2v) is 7.39. The van der Waals surface area contributed by atoms with Gasteiger partial charge in [-0.05, 0) is 43.0 Å². The van der Waals surface area contributed by atoms with Crippen LogP contribution >= 0.6 is 23.1 Å². The van der Waals surface area contributed by atoms with Crippen LogP contribution in [0, 0.1) is 0 Å². The number of amides is 1. The van der Waals surface area contributed by atoms with Crippen molar-refractivity contribution in [3.63, 3.8) is 0 Å². The summed E-state index contributed by atoms with van der Waals surface area (Å²) in [6.45, 7) is 2.78. The molecule has 1 amide bonds. The molecule has 0 bridgehead atoms. The summed E-state index contributed by atoms with van der Waals surface area (Å²) < 4.78 is 6.74. The average molecular weight is 373 g/mol. The Morgan fingerprint density at radius 2 is 2.12 bits per heavy atom. The van der Waals surface area contributed by atoms with Crippen LogP contribution in [0.1, 0.15) is 30.1 Å². The summed E-state index contributed by atoms with van der Waals surface area (Å²) in [7, 11) is 0. The Hall–Kier alpha value is -2.05. The first-order valence-electron chi connectivity index (χ1n) is 8.19. The van der Waals surface area contributed by atoms with Crippen molar-refractivity contribution in [3.8, 4) is 5.75 Å². The largest absolute Gasteiger partial charge is 0.494 e. The molecule has 0 unspecified atom stereocenters. The maximum absolute atomic E-state index is 12.5. The van der Waals surface area contributed by atoms with Crippen LogP contribution in [0.25, 0.3) is 10.2 Å². The molecule has 0 atom stereocenters. The summed E-state index contributed by atoms with van der Waals surface area (Å²) in [6, 6.07) is 13.3. The second kappa shape index (κ2) is 8.36. The zero-order valence-corrected chi connectivity index (χ0v) is 15.9. The number of hydrogen-bond acceptors (Lipinski definition) is 5. The molecule has 6 heteroatoms. The number of aromatic nitrogens is 1. The van der Waals surface area contributed by atoms with Gasteiger partial charge in [-0.2, -0.15) is 0 Å². The molecule has 25 heavy (non-hydrogen) atoms. The number of thioether (sulfide) groups is 1. The minimum absolute atomic E-state index is 0.175. The van der Waals surface area contributed by atoms with Crippen LogP contribution in [0.5, 0.6) is 5.75 Å². The van der Waals surface area contributed by atoms with Crippen LogP contribution in [0.4, 0.5) is 5.13 Å². The van der Waals surface area contributed by atoms with Gasteiger partial charge in [0.15, 0.2) is 5.13 Å². The summed E-state index contributed by atoms with van der Waals surface area (Å²) in [5.41, 5.74) is 1.50. The molecule has 3 rings (SSSR count). The molecule has 2 aromatic carbocycles. The molecule has 1 heterocycles. The summed E-state index contributed by atoms with van der Waals surface area (Å²) in [4.78, 5) is 18.2. The fourth-order valence-electron chi connectivity index (χ4n) is 2.37. The van der Waals surface area contributed by atoms with Gasteiger partial charge in [-0.15, -0.1) is 11.8 Å². The molecular formula is C19H20N2O2S2. The number of rotatable bonds is 7. The molecule has 0 aliphatic carbocycles. The second-order valence-electron chi connectivity index (χ2n) is 5.51. The molecule has 4 nitrogen and oxygen atoms in total. The zero-order chi connectivity index (χ0) is 17.6. The van der Waals surface area contributed by atoms with E-state index in [4.69, 9.17) is 4.74 Å². The minimum atomic E-state index is -0.175. The standard InChI is InChI=1S/C19H20N2O2S2/c1-3-4-11-23-14-8-5-7-13(12-14)18(22)21-19-20-17-15(24-2)9-6-10-16(17)25-19/h5-10,12H,3-4,11H2,1-2H3,(H,20,21,22). The van der Waals surface area contributed by atoms with Crippen LogP contribution < -0.4 is 10.1 Å². The lowest BCUT2D eigenvalue weighted by Crippen LogP contribution is -2.11. The maximum Gasteiger partial charge on any atom is 0.257 e. The minimum Gasteiger partial charge on any atom is -0.494 e. The number of benzene rings is 2. The van der Waals surface area contributed by atoms with Gasteiger partial charge in [0, 0.05) is 10.5 Å². The molecule has 130 valence electrons. The number of ether oxygens (including phenoxy) is 1. The van der Waals surface area contributed by atoms with Gasteiger partial charge < -0.3 is 4.74 Å². The van der Waals surface area contributed by atoms with Crippen LogP contribution in [-0.2, 0) is 0 Å². The van der Waals surface area contributed by atoms with E-state index in [9.17, 15) is 4.79 Å². The topological polar surface area (TPSA) is 51.2 Å². The number of anilines is 1. The van der Waals surface area contributed by atoms with E-state index in [-0.39, 0.29) is 5.91 Å². The van der Waals surface area contributed by atoms with E-state index in [1.165, 1.54) is 11.3 Å². The third-order valence-corrected chi connectivity index (χ3v) is 5.39. The number of thiazole rings is 1. The van der Waals surface area contributed by atoms with Crippen LogP contribution in [0.2, 0.25) is 0 Å². The fourth-order valence-corrected chi connectivity index (χ4v) is 3.89. The van der Waals surface area contributed by atoms with Crippen molar-refractivity contribution >= 4 is 44.4 Å². The first kappa shape index (κ1) is 17.8. The number of unbranched alkanes of at least 4 members (excludes halogenated alkanes) is 1. The number of carbonyl (C=O) groups excluding carboxylic acids is 1. The monoisotopic (exact) mass is 372 g/mol. The number of nitrogens with zero attached hydrogens (tertiary/aromatic N) is 1. The van der Waals surface area contributed by atoms with Gasteiger partial charge >= 0.3 is 0 Å². The zero-order valence-electron chi connectivity index (χ0n) is 14.2.